The zero-order valence-corrected chi connectivity index (χ0v) is 12.6. The highest BCUT2D eigenvalue weighted by molar-refractivity contribution is 5.91. The van der Waals surface area contributed by atoms with Crippen molar-refractivity contribution in [1.29, 1.82) is 0 Å². The lowest BCUT2D eigenvalue weighted by Gasteiger charge is -2.23. The number of hydrogen-bond acceptors (Lipinski definition) is 3. The Labute approximate surface area is 125 Å². The summed E-state index contributed by atoms with van der Waals surface area (Å²) in [5.41, 5.74) is 6.18. The molecule has 0 saturated heterocycles. The van der Waals surface area contributed by atoms with Gasteiger partial charge in [-0.25, -0.2) is 4.39 Å². The van der Waals surface area contributed by atoms with Gasteiger partial charge in [-0.1, -0.05) is 12.8 Å². The third kappa shape index (κ3) is 4.70. The van der Waals surface area contributed by atoms with Gasteiger partial charge in [-0.2, -0.15) is 0 Å². The molecule has 0 heterocycles. The highest BCUT2D eigenvalue weighted by Crippen LogP contribution is 2.22. The average molecular weight is 293 g/mol. The lowest BCUT2D eigenvalue weighted by Crippen LogP contribution is -2.30. The molecule has 0 bridgehead atoms. The minimum absolute atomic E-state index is 0.157. The number of rotatable bonds is 6. The van der Waals surface area contributed by atoms with Crippen LogP contribution in [0.4, 0.5) is 15.8 Å². The van der Waals surface area contributed by atoms with Crippen molar-refractivity contribution in [2.45, 2.75) is 44.6 Å². The fraction of sp³-hybridized carbons (Fsp3) is 0.562. The summed E-state index contributed by atoms with van der Waals surface area (Å²) in [5, 5.41) is 2.58. The van der Waals surface area contributed by atoms with E-state index in [0.717, 1.165) is 13.0 Å². The van der Waals surface area contributed by atoms with E-state index in [1.54, 1.807) is 0 Å². The van der Waals surface area contributed by atoms with Gasteiger partial charge < -0.3 is 16.0 Å². The van der Waals surface area contributed by atoms with Gasteiger partial charge in [0.2, 0.25) is 5.91 Å². The van der Waals surface area contributed by atoms with E-state index in [-0.39, 0.29) is 11.6 Å². The van der Waals surface area contributed by atoms with Crippen molar-refractivity contribution < 1.29 is 9.18 Å². The van der Waals surface area contributed by atoms with Crippen LogP contribution < -0.4 is 11.1 Å². The molecule has 0 aromatic heterocycles. The van der Waals surface area contributed by atoms with E-state index in [9.17, 15) is 9.18 Å². The Kier molecular flexibility index (Phi) is 5.56. The first kappa shape index (κ1) is 15.8. The van der Waals surface area contributed by atoms with Crippen LogP contribution >= 0.6 is 0 Å². The predicted molar refractivity (Wildman–Crippen MR) is 83.6 cm³/mol. The number of halogens is 1. The molecule has 1 aromatic carbocycles. The zero-order chi connectivity index (χ0) is 15.2. The Morgan fingerprint density at radius 3 is 2.86 bits per heavy atom. The molecule has 4 nitrogen and oxygen atoms in total. The predicted octanol–water partition coefficient (Wildman–Crippen LogP) is 3.00. The molecule has 0 unspecified atom stereocenters. The van der Waals surface area contributed by atoms with E-state index in [1.807, 2.05) is 0 Å². The number of anilines is 2. The number of carbonyl (C=O) groups is 1. The standard InChI is InChI=1S/C16H24FN3O/c1-20(13-5-2-3-6-13)10-4-7-16(21)19-15-11-12(18)8-9-14(15)17/h8-9,11,13H,2-7,10,18H2,1H3,(H,19,21). The largest absolute Gasteiger partial charge is 0.399 e. The number of benzene rings is 1. The van der Waals surface area contributed by atoms with Crippen LogP contribution in [-0.4, -0.2) is 30.4 Å². The molecule has 0 aliphatic heterocycles. The van der Waals surface area contributed by atoms with Gasteiger partial charge in [0.25, 0.3) is 0 Å². The second kappa shape index (κ2) is 7.41. The van der Waals surface area contributed by atoms with Crippen molar-refractivity contribution in [3.63, 3.8) is 0 Å². The monoisotopic (exact) mass is 293 g/mol. The maximum Gasteiger partial charge on any atom is 0.224 e. The molecule has 2 rings (SSSR count). The van der Waals surface area contributed by atoms with Crippen LogP contribution in [0.25, 0.3) is 0 Å². The second-order valence-corrected chi connectivity index (χ2v) is 5.81. The van der Waals surface area contributed by atoms with E-state index in [1.165, 1.54) is 43.9 Å². The van der Waals surface area contributed by atoms with Gasteiger partial charge in [-0.15, -0.1) is 0 Å². The Hall–Kier alpha value is -1.62. The second-order valence-electron chi connectivity index (χ2n) is 5.81. The number of nitrogens with one attached hydrogen (secondary N) is 1. The third-order valence-electron chi connectivity index (χ3n) is 4.13. The quantitative estimate of drug-likeness (QED) is 0.793. The molecule has 116 valence electrons. The molecule has 1 aromatic rings. The topological polar surface area (TPSA) is 58.4 Å². The zero-order valence-electron chi connectivity index (χ0n) is 12.6. The van der Waals surface area contributed by atoms with Crippen molar-refractivity contribution in [2.75, 3.05) is 24.6 Å². The van der Waals surface area contributed by atoms with Crippen molar-refractivity contribution in [2.24, 2.45) is 0 Å². The van der Waals surface area contributed by atoms with Crippen LogP contribution in [0.3, 0.4) is 0 Å². The Bertz CT molecular complexity index is 486. The molecule has 1 fully saturated rings. The van der Waals surface area contributed by atoms with E-state index in [2.05, 4.69) is 17.3 Å². The summed E-state index contributed by atoms with van der Waals surface area (Å²) < 4.78 is 13.5. The Morgan fingerprint density at radius 2 is 2.14 bits per heavy atom. The highest BCUT2D eigenvalue weighted by atomic mass is 19.1. The number of carbonyl (C=O) groups excluding carboxylic acids is 1. The van der Waals surface area contributed by atoms with Crippen molar-refractivity contribution in [3.8, 4) is 0 Å². The van der Waals surface area contributed by atoms with Crippen LogP contribution in [0.15, 0.2) is 18.2 Å². The summed E-state index contributed by atoms with van der Waals surface area (Å²) >= 11 is 0. The summed E-state index contributed by atoms with van der Waals surface area (Å²) in [6.07, 6.45) is 6.32. The summed E-state index contributed by atoms with van der Waals surface area (Å²) in [6.45, 7) is 0.900. The van der Waals surface area contributed by atoms with Gasteiger partial charge in [0.05, 0.1) is 5.69 Å². The van der Waals surface area contributed by atoms with Crippen LogP contribution in [0.1, 0.15) is 38.5 Å². The molecule has 0 spiro atoms. The van der Waals surface area contributed by atoms with E-state index in [4.69, 9.17) is 5.73 Å². The van der Waals surface area contributed by atoms with Gasteiger partial charge in [-0.05, 0) is 51.1 Å². The van der Waals surface area contributed by atoms with Crippen molar-refractivity contribution >= 4 is 17.3 Å². The maximum atomic E-state index is 13.5. The van der Waals surface area contributed by atoms with Gasteiger partial charge >= 0.3 is 0 Å². The summed E-state index contributed by atoms with van der Waals surface area (Å²) in [6, 6.07) is 4.84. The first-order valence-corrected chi connectivity index (χ1v) is 7.61. The number of hydrogen-bond donors (Lipinski definition) is 2. The first-order valence-electron chi connectivity index (χ1n) is 7.61. The number of nitrogen functional groups attached to an aromatic ring is 1. The molecule has 1 aliphatic carbocycles. The van der Waals surface area contributed by atoms with Crippen LogP contribution in [-0.2, 0) is 4.79 Å². The van der Waals surface area contributed by atoms with Crippen LogP contribution in [0.5, 0.6) is 0 Å². The number of amides is 1. The van der Waals surface area contributed by atoms with E-state index >= 15 is 0 Å². The number of nitrogens with two attached hydrogens (primary N) is 1. The van der Waals surface area contributed by atoms with E-state index < -0.39 is 5.82 Å². The van der Waals surface area contributed by atoms with Gasteiger partial charge in [0.15, 0.2) is 0 Å². The Balaban J connectivity index is 1.73. The van der Waals surface area contributed by atoms with Gasteiger partial charge in [-0.3, -0.25) is 4.79 Å². The molecule has 0 radical (unpaired) electrons. The minimum Gasteiger partial charge on any atom is -0.399 e. The normalized spacial score (nSPS) is 15.6. The average Bonchev–Trinajstić information content (AvgIpc) is 2.97. The fourth-order valence-corrected chi connectivity index (χ4v) is 2.87. The molecule has 1 amide bonds. The minimum atomic E-state index is -0.458. The summed E-state index contributed by atoms with van der Waals surface area (Å²) in [7, 11) is 2.12. The Morgan fingerprint density at radius 1 is 1.43 bits per heavy atom. The third-order valence-corrected chi connectivity index (χ3v) is 4.13. The lowest BCUT2D eigenvalue weighted by atomic mass is 10.2. The van der Waals surface area contributed by atoms with E-state index in [0.29, 0.717) is 18.2 Å². The van der Waals surface area contributed by atoms with Gasteiger partial charge in [0, 0.05) is 18.2 Å². The molecule has 5 heteroatoms. The van der Waals surface area contributed by atoms with Gasteiger partial charge in [0.1, 0.15) is 5.82 Å². The molecule has 1 saturated carbocycles. The highest BCUT2D eigenvalue weighted by Gasteiger charge is 2.19. The summed E-state index contributed by atoms with van der Waals surface area (Å²) in [4.78, 5) is 14.2. The summed E-state index contributed by atoms with van der Waals surface area (Å²) in [5.74, 6) is -0.625. The molecule has 1 aliphatic rings. The molecule has 3 N–H and O–H groups in total. The lowest BCUT2D eigenvalue weighted by molar-refractivity contribution is -0.116. The van der Waals surface area contributed by atoms with Crippen LogP contribution in [0.2, 0.25) is 0 Å². The molecular formula is C16H24FN3O. The molecular weight excluding hydrogens is 269 g/mol. The van der Waals surface area contributed by atoms with Crippen molar-refractivity contribution in [1.82, 2.24) is 4.90 Å². The SMILES string of the molecule is CN(CCCC(=O)Nc1cc(N)ccc1F)C1CCCC1. The fourth-order valence-electron chi connectivity index (χ4n) is 2.87. The maximum absolute atomic E-state index is 13.5. The first-order chi connectivity index (χ1) is 10.1. The number of nitrogens with zero attached hydrogens (tertiary/aromatic N) is 1. The van der Waals surface area contributed by atoms with Crippen molar-refractivity contribution in [3.05, 3.63) is 24.0 Å². The molecule has 0 atom stereocenters. The smallest absolute Gasteiger partial charge is 0.224 e. The molecule has 21 heavy (non-hydrogen) atoms. The van der Waals surface area contributed by atoms with Crippen LogP contribution in [0, 0.1) is 5.82 Å².